The smallest absolute Gasteiger partial charge is 0.0660 e. The molecular weight excluding hydrogens is 218 g/mol. The van der Waals surface area contributed by atoms with Crippen molar-refractivity contribution in [3.8, 4) is 12.3 Å². The Labute approximate surface area is 102 Å². The summed E-state index contributed by atoms with van der Waals surface area (Å²) < 4.78 is 0. The van der Waals surface area contributed by atoms with Gasteiger partial charge in [-0.1, -0.05) is 35.7 Å². The first-order valence-corrected chi connectivity index (χ1v) is 6.05. The molecular formula is C14H16ClN. The maximum absolute atomic E-state index is 6.16. The molecule has 0 spiro atoms. The number of hydrogen-bond acceptors (Lipinski definition) is 1. The largest absolute Gasteiger partial charge is 0.301 e. The highest BCUT2D eigenvalue weighted by Gasteiger charge is 2.31. The Morgan fingerprint density at radius 3 is 2.75 bits per heavy atom. The molecule has 1 atom stereocenters. The Morgan fingerprint density at radius 1 is 1.44 bits per heavy atom. The molecule has 2 rings (SSSR count). The van der Waals surface area contributed by atoms with Crippen LogP contribution in [0.5, 0.6) is 0 Å². The molecule has 0 aliphatic heterocycles. The normalized spacial score (nSPS) is 25.6. The summed E-state index contributed by atoms with van der Waals surface area (Å²) >= 11 is 6.16. The van der Waals surface area contributed by atoms with Crippen molar-refractivity contribution < 1.29 is 0 Å². The van der Waals surface area contributed by atoms with Crippen molar-refractivity contribution in [3.05, 3.63) is 34.9 Å². The molecule has 0 bridgehead atoms. The molecule has 1 aromatic rings. The van der Waals surface area contributed by atoms with E-state index in [1.54, 1.807) is 0 Å². The van der Waals surface area contributed by atoms with Crippen molar-refractivity contribution in [2.24, 2.45) is 0 Å². The Bertz CT molecular complexity index is 401. The molecule has 1 fully saturated rings. The maximum atomic E-state index is 6.16. The van der Waals surface area contributed by atoms with Gasteiger partial charge in [0.1, 0.15) is 0 Å². The molecule has 0 radical (unpaired) electrons. The van der Waals surface area contributed by atoms with E-state index in [1.165, 1.54) is 5.56 Å². The Hall–Kier alpha value is -0.970. The first-order chi connectivity index (χ1) is 7.70. The lowest BCUT2D eigenvalue weighted by molar-refractivity contribution is 0.284. The van der Waals surface area contributed by atoms with E-state index >= 15 is 0 Å². The fourth-order valence-corrected chi connectivity index (χ4v) is 2.51. The zero-order valence-corrected chi connectivity index (χ0v) is 10.2. The second-order valence-electron chi connectivity index (χ2n) is 4.44. The summed E-state index contributed by atoms with van der Waals surface area (Å²) in [6.07, 6.45) is 7.60. The molecule has 16 heavy (non-hydrogen) atoms. The van der Waals surface area contributed by atoms with Crippen molar-refractivity contribution in [3.63, 3.8) is 0 Å². The van der Waals surface area contributed by atoms with Gasteiger partial charge in [0.2, 0.25) is 0 Å². The van der Waals surface area contributed by atoms with Crippen molar-refractivity contribution in [1.29, 1.82) is 0 Å². The summed E-state index contributed by atoms with van der Waals surface area (Å²) in [5.41, 5.74) is 1.27. The van der Waals surface area contributed by atoms with Gasteiger partial charge in [0.15, 0.2) is 0 Å². The molecule has 1 saturated carbocycles. The van der Waals surface area contributed by atoms with Crippen molar-refractivity contribution >= 4 is 11.6 Å². The molecule has 0 aromatic heterocycles. The number of halogens is 1. The Morgan fingerprint density at radius 2 is 2.12 bits per heavy atom. The average molecular weight is 234 g/mol. The standard InChI is InChI=1S/C14H16ClN/c1-3-10(2)16-12-8-11(9-12)13-6-4-5-7-14(13)15/h1,4-7,10-12,16H,8-9H2,2H3. The third-order valence-corrected chi connectivity index (χ3v) is 3.56. The maximum Gasteiger partial charge on any atom is 0.0660 e. The van der Waals surface area contributed by atoms with Crippen LogP contribution < -0.4 is 5.32 Å². The fraction of sp³-hybridized carbons (Fsp3) is 0.429. The summed E-state index contributed by atoms with van der Waals surface area (Å²) in [4.78, 5) is 0. The van der Waals surface area contributed by atoms with Crippen molar-refractivity contribution in [1.82, 2.24) is 5.32 Å². The highest BCUT2D eigenvalue weighted by molar-refractivity contribution is 6.31. The molecule has 1 nitrogen and oxygen atoms in total. The van der Waals surface area contributed by atoms with Gasteiger partial charge in [-0.15, -0.1) is 6.42 Å². The lowest BCUT2D eigenvalue weighted by Gasteiger charge is -2.37. The van der Waals surface area contributed by atoms with Crippen LogP contribution >= 0.6 is 11.6 Å². The van der Waals surface area contributed by atoms with Crippen molar-refractivity contribution in [2.75, 3.05) is 0 Å². The lowest BCUT2D eigenvalue weighted by Crippen LogP contribution is -2.44. The van der Waals surface area contributed by atoms with Crippen LogP contribution in [0, 0.1) is 12.3 Å². The van der Waals surface area contributed by atoms with Gasteiger partial charge in [0, 0.05) is 11.1 Å². The topological polar surface area (TPSA) is 12.0 Å². The number of hydrogen-bond donors (Lipinski definition) is 1. The first kappa shape index (κ1) is 11.5. The summed E-state index contributed by atoms with van der Waals surface area (Å²) in [5, 5.41) is 4.29. The summed E-state index contributed by atoms with van der Waals surface area (Å²) in [7, 11) is 0. The van der Waals surface area contributed by atoms with E-state index in [0.717, 1.165) is 17.9 Å². The minimum absolute atomic E-state index is 0.164. The highest BCUT2D eigenvalue weighted by Crippen LogP contribution is 2.39. The van der Waals surface area contributed by atoms with Crippen LogP contribution in [-0.2, 0) is 0 Å². The Kier molecular flexibility index (Phi) is 3.53. The van der Waals surface area contributed by atoms with Crippen LogP contribution in [-0.4, -0.2) is 12.1 Å². The van der Waals surface area contributed by atoms with Gasteiger partial charge in [0.25, 0.3) is 0 Å². The molecule has 0 heterocycles. The SMILES string of the molecule is C#CC(C)NC1CC(c2ccccc2Cl)C1. The van der Waals surface area contributed by atoms with Crippen LogP contribution in [0.25, 0.3) is 0 Å². The van der Waals surface area contributed by atoms with Gasteiger partial charge in [-0.05, 0) is 37.3 Å². The molecule has 1 unspecified atom stereocenters. The molecule has 2 heteroatoms. The van der Waals surface area contributed by atoms with Gasteiger partial charge in [0.05, 0.1) is 6.04 Å². The summed E-state index contributed by atoms with van der Waals surface area (Å²) in [5.74, 6) is 3.29. The number of benzene rings is 1. The van der Waals surface area contributed by atoms with Crippen LogP contribution in [0.3, 0.4) is 0 Å². The second-order valence-corrected chi connectivity index (χ2v) is 4.85. The molecule has 1 aliphatic rings. The summed E-state index contributed by atoms with van der Waals surface area (Å²) in [6.45, 7) is 2.02. The number of rotatable bonds is 3. The molecule has 1 aromatic carbocycles. The zero-order valence-electron chi connectivity index (χ0n) is 9.41. The molecule has 1 aliphatic carbocycles. The molecule has 1 N–H and O–H groups in total. The highest BCUT2D eigenvalue weighted by atomic mass is 35.5. The monoisotopic (exact) mass is 233 g/mol. The van der Waals surface area contributed by atoms with Gasteiger partial charge in [-0.3, -0.25) is 0 Å². The van der Waals surface area contributed by atoms with Crippen LogP contribution in [0.15, 0.2) is 24.3 Å². The third kappa shape index (κ3) is 2.40. The quantitative estimate of drug-likeness (QED) is 0.791. The average Bonchev–Trinajstić information content (AvgIpc) is 2.24. The van der Waals surface area contributed by atoms with E-state index in [0.29, 0.717) is 12.0 Å². The molecule has 0 amide bonds. The number of nitrogens with one attached hydrogen (secondary N) is 1. The predicted molar refractivity (Wildman–Crippen MR) is 68.6 cm³/mol. The second kappa shape index (κ2) is 4.91. The first-order valence-electron chi connectivity index (χ1n) is 5.67. The van der Waals surface area contributed by atoms with E-state index in [2.05, 4.69) is 17.3 Å². The Balaban J connectivity index is 1.90. The zero-order chi connectivity index (χ0) is 11.5. The van der Waals surface area contributed by atoms with Crippen LogP contribution in [0.1, 0.15) is 31.2 Å². The van der Waals surface area contributed by atoms with E-state index in [4.69, 9.17) is 18.0 Å². The fourth-order valence-electron chi connectivity index (χ4n) is 2.22. The molecule has 84 valence electrons. The lowest BCUT2D eigenvalue weighted by atomic mass is 9.75. The minimum atomic E-state index is 0.164. The minimum Gasteiger partial charge on any atom is -0.301 e. The van der Waals surface area contributed by atoms with E-state index in [-0.39, 0.29) is 6.04 Å². The van der Waals surface area contributed by atoms with Gasteiger partial charge in [-0.25, -0.2) is 0 Å². The van der Waals surface area contributed by atoms with Gasteiger partial charge in [-0.2, -0.15) is 0 Å². The van der Waals surface area contributed by atoms with Crippen LogP contribution in [0.4, 0.5) is 0 Å². The van der Waals surface area contributed by atoms with Crippen molar-refractivity contribution in [2.45, 2.75) is 37.8 Å². The summed E-state index contributed by atoms with van der Waals surface area (Å²) in [6, 6.07) is 8.81. The molecule has 0 saturated heterocycles. The van der Waals surface area contributed by atoms with Gasteiger partial charge < -0.3 is 5.32 Å². The van der Waals surface area contributed by atoms with E-state index in [9.17, 15) is 0 Å². The van der Waals surface area contributed by atoms with E-state index < -0.39 is 0 Å². The van der Waals surface area contributed by atoms with Crippen LogP contribution in [0.2, 0.25) is 5.02 Å². The third-order valence-electron chi connectivity index (χ3n) is 3.22. The predicted octanol–water partition coefficient (Wildman–Crippen LogP) is 3.20. The number of terminal acetylenes is 1. The van der Waals surface area contributed by atoms with Gasteiger partial charge >= 0.3 is 0 Å². The van der Waals surface area contributed by atoms with E-state index in [1.807, 2.05) is 25.1 Å².